The Labute approximate surface area is 363 Å². The zero-order valence-corrected chi connectivity index (χ0v) is 38.5. The summed E-state index contributed by atoms with van der Waals surface area (Å²) in [4.78, 5) is 37.8. The van der Waals surface area contributed by atoms with Crippen molar-refractivity contribution in [3.8, 4) is 0 Å². The molecule has 0 aliphatic carbocycles. The van der Waals surface area contributed by atoms with Crippen molar-refractivity contribution in [2.75, 3.05) is 13.2 Å². The van der Waals surface area contributed by atoms with E-state index in [1.807, 2.05) is 0 Å². The molecule has 0 fully saturated rings. The molecule has 0 aromatic carbocycles. The van der Waals surface area contributed by atoms with E-state index in [1.54, 1.807) is 0 Å². The van der Waals surface area contributed by atoms with E-state index in [0.717, 1.165) is 103 Å². The second-order valence-electron chi connectivity index (χ2n) is 16.0. The average molecular weight is 823 g/mol. The normalized spacial score (nSPS) is 12.7. The highest BCUT2D eigenvalue weighted by atomic mass is 16.6. The van der Waals surface area contributed by atoms with Crippen LogP contribution in [0.4, 0.5) is 0 Å². The Hall–Kier alpha value is -3.15. The number of carbonyl (C=O) groups is 3. The summed E-state index contributed by atoms with van der Waals surface area (Å²) in [5.41, 5.74) is 0. The molecular formula is C53H90O6. The second-order valence-corrected chi connectivity index (χ2v) is 16.0. The molecule has 6 nitrogen and oxygen atoms in total. The van der Waals surface area contributed by atoms with Gasteiger partial charge >= 0.3 is 17.9 Å². The van der Waals surface area contributed by atoms with Crippen LogP contribution in [-0.4, -0.2) is 37.2 Å². The van der Waals surface area contributed by atoms with Gasteiger partial charge in [0.15, 0.2) is 6.10 Å². The minimum Gasteiger partial charge on any atom is -0.462 e. The van der Waals surface area contributed by atoms with E-state index in [1.165, 1.54) is 83.5 Å². The van der Waals surface area contributed by atoms with E-state index < -0.39 is 6.10 Å². The zero-order valence-electron chi connectivity index (χ0n) is 38.5. The van der Waals surface area contributed by atoms with Crippen LogP contribution in [0.2, 0.25) is 0 Å². The molecule has 59 heavy (non-hydrogen) atoms. The van der Waals surface area contributed by atoms with Gasteiger partial charge in [-0.15, -0.1) is 0 Å². The number of carbonyl (C=O) groups excluding carboxylic acids is 3. The van der Waals surface area contributed by atoms with Crippen LogP contribution in [0.3, 0.4) is 0 Å². The lowest BCUT2D eigenvalue weighted by Gasteiger charge is -2.18. The highest BCUT2D eigenvalue weighted by Gasteiger charge is 2.19. The van der Waals surface area contributed by atoms with Crippen LogP contribution >= 0.6 is 0 Å². The molecule has 0 amide bonds. The van der Waals surface area contributed by atoms with Crippen molar-refractivity contribution < 1.29 is 28.6 Å². The SMILES string of the molecule is CC/C=C\C/C=C\C/C=C\C/C=C\C/C=C\CCCCCC(=O)OC[C@H](COC(=O)CCCCCCC/C=C\CCCC)OC(=O)CCCCCCCCCCCCC. The number of hydrogen-bond acceptors (Lipinski definition) is 6. The number of allylic oxidation sites excluding steroid dienone is 12. The third-order valence-electron chi connectivity index (χ3n) is 10.2. The zero-order chi connectivity index (χ0) is 43.0. The molecule has 0 spiro atoms. The summed E-state index contributed by atoms with van der Waals surface area (Å²) in [5, 5.41) is 0. The molecular weight excluding hydrogens is 733 g/mol. The quantitative estimate of drug-likeness (QED) is 0.0264. The molecule has 0 unspecified atom stereocenters. The first-order chi connectivity index (χ1) is 29.0. The first-order valence-electron chi connectivity index (χ1n) is 24.4. The Kier molecular flexibility index (Phi) is 45.0. The van der Waals surface area contributed by atoms with Gasteiger partial charge in [-0.1, -0.05) is 196 Å². The van der Waals surface area contributed by atoms with Crippen molar-refractivity contribution >= 4 is 17.9 Å². The fourth-order valence-electron chi connectivity index (χ4n) is 6.51. The lowest BCUT2D eigenvalue weighted by atomic mass is 10.1. The third-order valence-corrected chi connectivity index (χ3v) is 10.2. The van der Waals surface area contributed by atoms with E-state index in [4.69, 9.17) is 14.2 Å². The van der Waals surface area contributed by atoms with Crippen molar-refractivity contribution in [2.45, 2.75) is 232 Å². The van der Waals surface area contributed by atoms with Gasteiger partial charge in [0, 0.05) is 19.3 Å². The molecule has 1 atom stereocenters. The Bertz CT molecular complexity index is 1130. The van der Waals surface area contributed by atoms with Gasteiger partial charge in [0.2, 0.25) is 0 Å². The minimum absolute atomic E-state index is 0.0896. The number of rotatable bonds is 43. The van der Waals surface area contributed by atoms with Crippen molar-refractivity contribution in [3.63, 3.8) is 0 Å². The van der Waals surface area contributed by atoms with Crippen LogP contribution in [-0.2, 0) is 28.6 Å². The molecule has 0 bridgehead atoms. The number of esters is 3. The lowest BCUT2D eigenvalue weighted by molar-refractivity contribution is -0.167. The van der Waals surface area contributed by atoms with Gasteiger partial charge in [-0.05, 0) is 83.5 Å². The molecule has 0 rings (SSSR count). The van der Waals surface area contributed by atoms with E-state index in [9.17, 15) is 14.4 Å². The van der Waals surface area contributed by atoms with Crippen molar-refractivity contribution in [2.24, 2.45) is 0 Å². The molecule has 0 aromatic rings. The maximum absolute atomic E-state index is 12.7. The topological polar surface area (TPSA) is 78.9 Å². The fraction of sp³-hybridized carbons (Fsp3) is 0.717. The molecule has 0 aliphatic rings. The maximum Gasteiger partial charge on any atom is 0.306 e. The maximum atomic E-state index is 12.7. The van der Waals surface area contributed by atoms with Gasteiger partial charge in [0.05, 0.1) is 0 Å². The minimum atomic E-state index is -0.788. The summed E-state index contributed by atoms with van der Waals surface area (Å²) in [6.07, 6.45) is 58.8. The number of ether oxygens (including phenoxy) is 3. The van der Waals surface area contributed by atoms with Gasteiger partial charge < -0.3 is 14.2 Å². The third kappa shape index (κ3) is 45.8. The van der Waals surface area contributed by atoms with E-state index >= 15 is 0 Å². The fourth-order valence-corrected chi connectivity index (χ4v) is 6.51. The summed E-state index contributed by atoms with van der Waals surface area (Å²) in [6, 6.07) is 0. The van der Waals surface area contributed by atoms with Crippen LogP contribution in [0.15, 0.2) is 72.9 Å². The lowest BCUT2D eigenvalue weighted by Crippen LogP contribution is -2.30. The summed E-state index contributed by atoms with van der Waals surface area (Å²) in [5.74, 6) is -0.934. The Morgan fingerprint density at radius 3 is 1.12 bits per heavy atom. The van der Waals surface area contributed by atoms with E-state index in [2.05, 4.69) is 93.7 Å². The molecule has 0 aromatic heterocycles. The van der Waals surface area contributed by atoms with Crippen LogP contribution in [0.1, 0.15) is 226 Å². The molecule has 0 radical (unpaired) electrons. The van der Waals surface area contributed by atoms with E-state index in [-0.39, 0.29) is 31.1 Å². The number of hydrogen-bond donors (Lipinski definition) is 0. The van der Waals surface area contributed by atoms with Gasteiger partial charge in [-0.25, -0.2) is 0 Å². The summed E-state index contributed by atoms with van der Waals surface area (Å²) < 4.78 is 16.7. The summed E-state index contributed by atoms with van der Waals surface area (Å²) >= 11 is 0. The smallest absolute Gasteiger partial charge is 0.306 e. The predicted octanol–water partition coefficient (Wildman–Crippen LogP) is 15.9. The Morgan fingerprint density at radius 1 is 0.356 bits per heavy atom. The Balaban J connectivity index is 4.41. The second kappa shape index (κ2) is 47.5. The summed E-state index contributed by atoms with van der Waals surface area (Å²) in [7, 11) is 0. The highest BCUT2D eigenvalue weighted by Crippen LogP contribution is 2.14. The largest absolute Gasteiger partial charge is 0.462 e. The van der Waals surface area contributed by atoms with E-state index in [0.29, 0.717) is 19.3 Å². The first-order valence-corrected chi connectivity index (χ1v) is 24.4. The van der Waals surface area contributed by atoms with Crippen molar-refractivity contribution in [1.29, 1.82) is 0 Å². The first kappa shape index (κ1) is 55.9. The van der Waals surface area contributed by atoms with Crippen molar-refractivity contribution in [3.05, 3.63) is 72.9 Å². The average Bonchev–Trinajstić information content (AvgIpc) is 3.23. The van der Waals surface area contributed by atoms with Gasteiger partial charge in [0.1, 0.15) is 13.2 Å². The molecule has 0 N–H and O–H groups in total. The predicted molar refractivity (Wildman–Crippen MR) is 251 cm³/mol. The van der Waals surface area contributed by atoms with Crippen LogP contribution in [0.5, 0.6) is 0 Å². The highest BCUT2D eigenvalue weighted by molar-refractivity contribution is 5.71. The van der Waals surface area contributed by atoms with Crippen LogP contribution in [0.25, 0.3) is 0 Å². The Morgan fingerprint density at radius 2 is 0.678 bits per heavy atom. The van der Waals surface area contributed by atoms with Crippen LogP contribution in [0, 0.1) is 0 Å². The van der Waals surface area contributed by atoms with Crippen LogP contribution < -0.4 is 0 Å². The molecule has 0 aliphatic heterocycles. The molecule has 6 heteroatoms. The van der Waals surface area contributed by atoms with Gasteiger partial charge in [-0.2, -0.15) is 0 Å². The number of unbranched alkanes of at least 4 members (excludes halogenated alkanes) is 20. The monoisotopic (exact) mass is 823 g/mol. The molecule has 338 valence electrons. The molecule has 0 heterocycles. The van der Waals surface area contributed by atoms with Gasteiger partial charge in [-0.3, -0.25) is 14.4 Å². The summed E-state index contributed by atoms with van der Waals surface area (Å²) in [6.45, 7) is 6.43. The standard InChI is InChI=1S/C53H90O6/c1-4-7-10-13-16-19-22-23-24-25-26-27-28-29-32-34-37-40-43-46-52(55)58-49-50(59-53(56)47-44-41-38-35-31-21-18-15-12-9-6-3)48-57-51(54)45-42-39-36-33-30-20-17-14-11-8-5-2/h7,10,14,16-17,19,23-24,26-27,29,32,50H,4-6,8-9,11-13,15,18,20-22,25,28,30-31,33-49H2,1-3H3/b10-7-,17-14-,19-16-,24-23-,27-26-,32-29-/t50-/m0/s1. The molecule has 0 saturated carbocycles. The van der Waals surface area contributed by atoms with Crippen molar-refractivity contribution in [1.82, 2.24) is 0 Å². The van der Waals surface area contributed by atoms with Gasteiger partial charge in [0.25, 0.3) is 0 Å². The molecule has 0 saturated heterocycles.